The van der Waals surface area contributed by atoms with Crippen LogP contribution in [0.3, 0.4) is 0 Å². The fraction of sp³-hybridized carbons (Fsp3) is 0.600. The van der Waals surface area contributed by atoms with Crippen molar-refractivity contribution < 1.29 is 0 Å². The van der Waals surface area contributed by atoms with Crippen LogP contribution in [-0.2, 0) is 0 Å². The van der Waals surface area contributed by atoms with Crippen molar-refractivity contribution in [3.63, 3.8) is 0 Å². The Morgan fingerprint density at radius 1 is 1.67 bits per heavy atom. The van der Waals surface area contributed by atoms with Gasteiger partial charge >= 0.3 is 0 Å². The van der Waals surface area contributed by atoms with Crippen molar-refractivity contribution in [2.24, 2.45) is 5.92 Å². The second-order valence-electron chi connectivity index (χ2n) is 3.34. The molecule has 68 valence electrons. The lowest BCUT2D eigenvalue weighted by molar-refractivity contribution is 0.592. The van der Waals surface area contributed by atoms with E-state index in [0.29, 0.717) is 5.92 Å². The molecular formula is C10H16IN. The molecule has 12 heavy (non-hydrogen) atoms. The highest BCUT2D eigenvalue weighted by Crippen LogP contribution is 2.28. The zero-order chi connectivity index (χ0) is 9.14. The van der Waals surface area contributed by atoms with Crippen LogP contribution in [0.1, 0.15) is 26.7 Å². The number of hydrogen-bond donors (Lipinski definition) is 0. The topological polar surface area (TPSA) is 3.24 Å². The maximum absolute atomic E-state index is 2.35. The van der Waals surface area contributed by atoms with Gasteiger partial charge in [-0.15, -0.1) is 0 Å². The third kappa shape index (κ3) is 2.25. The van der Waals surface area contributed by atoms with Gasteiger partial charge in [0.25, 0.3) is 0 Å². The summed E-state index contributed by atoms with van der Waals surface area (Å²) in [7, 11) is 2.12. The average Bonchev–Trinajstić information content (AvgIpc) is 2.04. The molecule has 1 nitrogen and oxygen atoms in total. The van der Waals surface area contributed by atoms with Gasteiger partial charge in [-0.2, -0.15) is 0 Å². The summed E-state index contributed by atoms with van der Waals surface area (Å²) in [5.74, 6) is 0.701. The summed E-state index contributed by atoms with van der Waals surface area (Å²) < 4.78 is 2.22. The highest BCUT2D eigenvalue weighted by atomic mass is 127. The van der Waals surface area contributed by atoms with Crippen LogP contribution in [0.15, 0.2) is 23.4 Å². The summed E-state index contributed by atoms with van der Waals surface area (Å²) in [5, 5.41) is 0. The largest absolute Gasteiger partial charge is 0.321 e. The van der Waals surface area contributed by atoms with Crippen LogP contribution in [0, 0.1) is 5.92 Å². The molecule has 0 heterocycles. The summed E-state index contributed by atoms with van der Waals surface area (Å²) in [6, 6.07) is 0. The Morgan fingerprint density at radius 3 is 2.83 bits per heavy atom. The van der Waals surface area contributed by atoms with Crippen molar-refractivity contribution in [3.05, 3.63) is 23.4 Å². The Kier molecular flexibility index (Phi) is 3.62. The number of halogens is 1. The van der Waals surface area contributed by atoms with Crippen LogP contribution in [0.2, 0.25) is 0 Å². The van der Waals surface area contributed by atoms with Gasteiger partial charge in [0.05, 0.1) is 22.9 Å². The summed E-state index contributed by atoms with van der Waals surface area (Å²) in [5.41, 5.74) is 2.98. The molecule has 1 aliphatic rings. The first-order valence-electron chi connectivity index (χ1n) is 4.45. The summed E-state index contributed by atoms with van der Waals surface area (Å²) in [4.78, 5) is 0. The first-order chi connectivity index (χ1) is 5.65. The van der Waals surface area contributed by atoms with Gasteiger partial charge in [-0.05, 0) is 24.3 Å². The third-order valence-corrected chi connectivity index (χ3v) is 2.85. The molecule has 0 aromatic heterocycles. The summed E-state index contributed by atoms with van der Waals surface area (Å²) >= 11 is 2.35. The number of nitrogens with zero attached hydrogens (tertiary/aromatic N) is 1. The van der Waals surface area contributed by atoms with E-state index < -0.39 is 0 Å². The minimum Gasteiger partial charge on any atom is -0.321 e. The minimum atomic E-state index is 0.701. The standard InChI is InChI=1S/C10H16IN/c1-4-9-6-5-8(2)7-10(9)12(3)11/h5-6,8H,4,7H2,1-3H3. The highest BCUT2D eigenvalue weighted by molar-refractivity contribution is 14.1. The second kappa shape index (κ2) is 4.30. The molecule has 0 radical (unpaired) electrons. The lowest BCUT2D eigenvalue weighted by Gasteiger charge is -2.24. The van der Waals surface area contributed by atoms with Crippen LogP contribution >= 0.6 is 22.9 Å². The molecule has 0 aliphatic heterocycles. The summed E-state index contributed by atoms with van der Waals surface area (Å²) in [6.07, 6.45) is 6.92. The van der Waals surface area contributed by atoms with Gasteiger partial charge in [0.15, 0.2) is 0 Å². The normalized spacial score (nSPS) is 23.2. The van der Waals surface area contributed by atoms with E-state index >= 15 is 0 Å². The van der Waals surface area contributed by atoms with Crippen molar-refractivity contribution in [1.82, 2.24) is 3.11 Å². The molecule has 0 aromatic rings. The Bertz CT molecular complexity index is 216. The zero-order valence-corrected chi connectivity index (χ0v) is 10.1. The molecule has 1 aliphatic carbocycles. The molecule has 0 bridgehead atoms. The lowest BCUT2D eigenvalue weighted by Crippen LogP contribution is -2.12. The molecule has 0 N–H and O–H groups in total. The Hall–Kier alpha value is 0.01000. The molecule has 0 spiro atoms. The number of rotatable bonds is 2. The SMILES string of the molecule is CCC1=C(N(C)I)CC(C)C=C1. The van der Waals surface area contributed by atoms with Crippen LogP contribution in [0.25, 0.3) is 0 Å². The molecule has 0 saturated carbocycles. The van der Waals surface area contributed by atoms with E-state index in [9.17, 15) is 0 Å². The van der Waals surface area contributed by atoms with Gasteiger partial charge < -0.3 is 3.11 Å². The fourth-order valence-electron chi connectivity index (χ4n) is 1.53. The van der Waals surface area contributed by atoms with Crippen LogP contribution in [0.4, 0.5) is 0 Å². The minimum absolute atomic E-state index is 0.701. The molecule has 1 unspecified atom stereocenters. The van der Waals surface area contributed by atoms with Gasteiger partial charge in [-0.3, -0.25) is 0 Å². The quantitative estimate of drug-likeness (QED) is 0.551. The van der Waals surface area contributed by atoms with Crippen molar-refractivity contribution in [1.29, 1.82) is 0 Å². The van der Waals surface area contributed by atoms with E-state index in [4.69, 9.17) is 0 Å². The van der Waals surface area contributed by atoms with Gasteiger partial charge in [0.2, 0.25) is 0 Å². The molecule has 0 fully saturated rings. The third-order valence-electron chi connectivity index (χ3n) is 2.26. The monoisotopic (exact) mass is 277 g/mol. The summed E-state index contributed by atoms with van der Waals surface area (Å²) in [6.45, 7) is 4.48. The van der Waals surface area contributed by atoms with E-state index in [-0.39, 0.29) is 0 Å². The molecular weight excluding hydrogens is 261 g/mol. The number of allylic oxidation sites excluding steroid dienone is 4. The number of hydrogen-bond acceptors (Lipinski definition) is 1. The predicted molar refractivity (Wildman–Crippen MR) is 62.0 cm³/mol. The Morgan fingerprint density at radius 2 is 2.33 bits per heavy atom. The smallest absolute Gasteiger partial charge is 0.0585 e. The molecule has 1 atom stereocenters. The Labute approximate surface area is 89.0 Å². The first kappa shape index (κ1) is 10.1. The molecule has 2 heteroatoms. The fourth-order valence-corrected chi connectivity index (χ4v) is 2.03. The van der Waals surface area contributed by atoms with Crippen molar-refractivity contribution >= 4 is 22.9 Å². The van der Waals surface area contributed by atoms with Crippen LogP contribution < -0.4 is 0 Å². The van der Waals surface area contributed by atoms with Gasteiger partial charge in [-0.25, -0.2) is 0 Å². The van der Waals surface area contributed by atoms with Gasteiger partial charge in [0, 0.05) is 12.7 Å². The van der Waals surface area contributed by atoms with E-state index in [1.165, 1.54) is 17.7 Å². The lowest BCUT2D eigenvalue weighted by atomic mass is 9.94. The highest BCUT2D eigenvalue weighted by Gasteiger charge is 2.13. The predicted octanol–water partition coefficient (Wildman–Crippen LogP) is 3.53. The van der Waals surface area contributed by atoms with Gasteiger partial charge in [-0.1, -0.05) is 26.0 Å². The van der Waals surface area contributed by atoms with E-state index in [2.05, 4.69) is 59.0 Å². The van der Waals surface area contributed by atoms with Crippen LogP contribution in [-0.4, -0.2) is 10.2 Å². The maximum Gasteiger partial charge on any atom is 0.0585 e. The molecule has 0 aromatic carbocycles. The van der Waals surface area contributed by atoms with Crippen molar-refractivity contribution in [2.45, 2.75) is 26.7 Å². The van der Waals surface area contributed by atoms with E-state index in [1.54, 1.807) is 0 Å². The maximum atomic E-state index is 2.35. The van der Waals surface area contributed by atoms with Crippen LogP contribution in [0.5, 0.6) is 0 Å². The zero-order valence-electron chi connectivity index (χ0n) is 7.97. The van der Waals surface area contributed by atoms with Crippen molar-refractivity contribution in [2.75, 3.05) is 7.05 Å². The second-order valence-corrected chi connectivity index (χ2v) is 4.79. The Balaban J connectivity index is 2.86. The van der Waals surface area contributed by atoms with Gasteiger partial charge in [0.1, 0.15) is 0 Å². The molecule has 1 rings (SSSR count). The molecule has 0 saturated heterocycles. The first-order valence-corrected chi connectivity index (χ1v) is 5.41. The average molecular weight is 277 g/mol. The van der Waals surface area contributed by atoms with Crippen molar-refractivity contribution in [3.8, 4) is 0 Å². The molecule has 0 amide bonds. The van der Waals surface area contributed by atoms with E-state index in [1.807, 2.05) is 0 Å². The van der Waals surface area contributed by atoms with E-state index in [0.717, 1.165) is 6.42 Å².